The van der Waals surface area contributed by atoms with Gasteiger partial charge in [0.05, 0.1) is 28.8 Å². The van der Waals surface area contributed by atoms with E-state index in [2.05, 4.69) is 155 Å². The summed E-state index contributed by atoms with van der Waals surface area (Å²) in [5.41, 5.74) is 6.37. The fourth-order valence-electron chi connectivity index (χ4n) is 7.63. The molecule has 4 unspecified atom stereocenters. The minimum absolute atomic E-state index is 0.159. The van der Waals surface area contributed by atoms with Crippen molar-refractivity contribution in [2.45, 2.75) is 23.9 Å². The Morgan fingerprint density at radius 3 is 1.95 bits per heavy atom. The molecule has 0 saturated heterocycles. The molecule has 4 atom stereocenters. The number of benzene rings is 4. The first-order chi connectivity index (χ1) is 20.9. The lowest BCUT2D eigenvalue weighted by Gasteiger charge is -2.40. The first-order valence-electron chi connectivity index (χ1n) is 14.8. The molecule has 0 fully saturated rings. The van der Waals surface area contributed by atoms with E-state index < -0.39 is 0 Å². The normalized spacial score (nSPS) is 22.3. The Kier molecular flexibility index (Phi) is 5.15. The van der Waals surface area contributed by atoms with Crippen LogP contribution in [0.15, 0.2) is 152 Å². The molecule has 0 amide bonds. The maximum atomic E-state index is 5.07. The van der Waals surface area contributed by atoms with Gasteiger partial charge in [0.1, 0.15) is 5.82 Å². The van der Waals surface area contributed by atoms with E-state index in [0.29, 0.717) is 0 Å². The summed E-state index contributed by atoms with van der Waals surface area (Å²) in [7, 11) is 0. The zero-order valence-electron chi connectivity index (χ0n) is 23.1. The van der Waals surface area contributed by atoms with E-state index in [1.54, 1.807) is 0 Å². The maximum absolute atomic E-state index is 5.07. The number of nitrogens with zero attached hydrogens (tertiary/aromatic N) is 3. The number of fused-ring (bicyclic) bond motifs is 10. The molecular weight excluding hydrogens is 510 g/mol. The molecule has 4 aromatic carbocycles. The zero-order chi connectivity index (χ0) is 27.6. The Hall–Kier alpha value is -5.15. The van der Waals surface area contributed by atoms with Gasteiger partial charge in [-0.15, -0.1) is 0 Å². The number of aromatic nitrogens is 2. The average Bonchev–Trinajstić information content (AvgIpc) is 3.34. The molecule has 1 aliphatic heterocycles. The molecule has 0 radical (unpaired) electrons. The van der Waals surface area contributed by atoms with Gasteiger partial charge in [-0.25, -0.2) is 4.98 Å². The van der Waals surface area contributed by atoms with Crippen molar-refractivity contribution >= 4 is 38.4 Å². The molecule has 0 saturated carbocycles. The van der Waals surface area contributed by atoms with Gasteiger partial charge in [0.15, 0.2) is 0 Å². The first kappa shape index (κ1) is 23.5. The highest BCUT2D eigenvalue weighted by atomic mass is 15.2. The van der Waals surface area contributed by atoms with Crippen LogP contribution in [0.4, 0.5) is 5.82 Å². The molecule has 3 nitrogen and oxygen atoms in total. The van der Waals surface area contributed by atoms with Crippen molar-refractivity contribution in [2.75, 3.05) is 4.90 Å². The number of pyridine rings is 1. The highest BCUT2D eigenvalue weighted by Crippen LogP contribution is 2.45. The molecule has 0 bridgehead atoms. The summed E-state index contributed by atoms with van der Waals surface area (Å²) >= 11 is 0. The molecule has 0 N–H and O–H groups in total. The Balaban J connectivity index is 1.27. The number of hydrogen-bond donors (Lipinski definition) is 0. The fourth-order valence-corrected chi connectivity index (χ4v) is 7.63. The molecule has 3 heterocycles. The van der Waals surface area contributed by atoms with E-state index >= 15 is 0 Å². The first-order valence-corrected chi connectivity index (χ1v) is 14.8. The van der Waals surface area contributed by atoms with Crippen LogP contribution in [0.5, 0.6) is 0 Å². The average molecular weight is 540 g/mol. The summed E-state index contributed by atoms with van der Waals surface area (Å²) < 4.78 is 2.41. The number of allylic oxidation sites excluding steroid dienone is 4. The predicted molar refractivity (Wildman–Crippen MR) is 175 cm³/mol. The van der Waals surface area contributed by atoms with Crippen molar-refractivity contribution in [3.63, 3.8) is 0 Å². The highest BCUT2D eigenvalue weighted by molar-refractivity contribution is 6.21. The Morgan fingerprint density at radius 1 is 0.548 bits per heavy atom. The van der Waals surface area contributed by atoms with Gasteiger partial charge in [0.25, 0.3) is 0 Å². The third-order valence-electron chi connectivity index (χ3n) is 9.38. The fraction of sp³-hybridized carbons (Fsp3) is 0.103. The summed E-state index contributed by atoms with van der Waals surface area (Å²) in [4.78, 5) is 7.62. The lowest BCUT2D eigenvalue weighted by Crippen LogP contribution is -2.46. The monoisotopic (exact) mass is 539 g/mol. The number of anilines is 1. The molecular formula is C39H29N3. The number of rotatable bonds is 2. The van der Waals surface area contributed by atoms with E-state index in [1.165, 1.54) is 43.7 Å². The molecule has 6 aromatic rings. The van der Waals surface area contributed by atoms with Gasteiger partial charge in [0.2, 0.25) is 0 Å². The second kappa shape index (κ2) is 9.19. The second-order valence-electron chi connectivity index (χ2n) is 11.5. The molecule has 9 rings (SSSR count). The van der Waals surface area contributed by atoms with Crippen LogP contribution >= 0.6 is 0 Å². The van der Waals surface area contributed by atoms with Crippen molar-refractivity contribution in [1.82, 2.24) is 9.55 Å². The molecule has 3 aliphatic rings. The molecule has 3 heteroatoms. The SMILES string of the molecule is C1=CC2c3ccccc3C3C=CC=CC3N(c3cc(-n4c5ccccc5c5c6ccccc6ccc54)ccn3)C2C=C1. The van der Waals surface area contributed by atoms with Crippen LogP contribution in [0.1, 0.15) is 23.0 Å². The number of hydrogen-bond acceptors (Lipinski definition) is 2. The lowest BCUT2D eigenvalue weighted by molar-refractivity contribution is 0.567. The largest absolute Gasteiger partial charge is 0.342 e. The Bertz CT molecular complexity index is 2090. The summed E-state index contributed by atoms with van der Waals surface area (Å²) in [6.07, 6.45) is 20.2. The van der Waals surface area contributed by atoms with Gasteiger partial charge in [-0.05, 0) is 40.1 Å². The minimum atomic E-state index is 0.159. The van der Waals surface area contributed by atoms with Crippen molar-refractivity contribution in [2.24, 2.45) is 0 Å². The molecule has 200 valence electrons. The van der Waals surface area contributed by atoms with Crippen LogP contribution < -0.4 is 4.90 Å². The van der Waals surface area contributed by atoms with Gasteiger partial charge in [-0.1, -0.05) is 121 Å². The van der Waals surface area contributed by atoms with E-state index in [4.69, 9.17) is 4.98 Å². The van der Waals surface area contributed by atoms with Crippen LogP contribution in [0.25, 0.3) is 38.3 Å². The van der Waals surface area contributed by atoms with E-state index in [0.717, 1.165) is 11.5 Å². The van der Waals surface area contributed by atoms with Crippen molar-refractivity contribution in [3.05, 3.63) is 163 Å². The van der Waals surface area contributed by atoms with Crippen molar-refractivity contribution < 1.29 is 0 Å². The lowest BCUT2D eigenvalue weighted by atomic mass is 9.82. The zero-order valence-corrected chi connectivity index (χ0v) is 23.1. The van der Waals surface area contributed by atoms with Crippen LogP contribution in [0.3, 0.4) is 0 Å². The Labute approximate surface area is 245 Å². The predicted octanol–water partition coefficient (Wildman–Crippen LogP) is 9.01. The quantitative estimate of drug-likeness (QED) is 0.219. The maximum Gasteiger partial charge on any atom is 0.131 e. The summed E-state index contributed by atoms with van der Waals surface area (Å²) in [5.74, 6) is 1.50. The molecule has 2 aromatic heterocycles. The highest BCUT2D eigenvalue weighted by Gasteiger charge is 2.40. The second-order valence-corrected chi connectivity index (χ2v) is 11.5. The Morgan fingerprint density at radius 2 is 1.19 bits per heavy atom. The van der Waals surface area contributed by atoms with Gasteiger partial charge < -0.3 is 9.47 Å². The van der Waals surface area contributed by atoms with Gasteiger partial charge >= 0.3 is 0 Å². The van der Waals surface area contributed by atoms with Crippen molar-refractivity contribution in [3.8, 4) is 5.69 Å². The summed E-state index contributed by atoms with van der Waals surface area (Å²) in [5, 5.41) is 5.12. The number of para-hydroxylation sites is 1. The van der Waals surface area contributed by atoms with Crippen LogP contribution in [-0.4, -0.2) is 21.6 Å². The third-order valence-corrected chi connectivity index (χ3v) is 9.38. The molecule has 2 aliphatic carbocycles. The van der Waals surface area contributed by atoms with Gasteiger partial charge in [0, 0.05) is 34.9 Å². The van der Waals surface area contributed by atoms with Crippen molar-refractivity contribution in [1.29, 1.82) is 0 Å². The molecule has 42 heavy (non-hydrogen) atoms. The molecule has 0 spiro atoms. The van der Waals surface area contributed by atoms with Crippen LogP contribution in [0.2, 0.25) is 0 Å². The van der Waals surface area contributed by atoms with Crippen LogP contribution in [0, 0.1) is 0 Å². The summed E-state index contributed by atoms with van der Waals surface area (Å²) in [6, 6.07) is 35.8. The van der Waals surface area contributed by atoms with Gasteiger partial charge in [-0.3, -0.25) is 0 Å². The topological polar surface area (TPSA) is 21.1 Å². The van der Waals surface area contributed by atoms with E-state index in [-0.39, 0.29) is 23.9 Å². The smallest absolute Gasteiger partial charge is 0.131 e. The van der Waals surface area contributed by atoms with E-state index in [9.17, 15) is 0 Å². The summed E-state index contributed by atoms with van der Waals surface area (Å²) in [6.45, 7) is 0. The van der Waals surface area contributed by atoms with Crippen LogP contribution in [-0.2, 0) is 0 Å². The minimum Gasteiger partial charge on any atom is -0.342 e. The van der Waals surface area contributed by atoms with Gasteiger partial charge in [-0.2, -0.15) is 0 Å². The third kappa shape index (κ3) is 3.37. The standard InChI is InChI=1S/C39H29N3/c1-2-12-28-26(11-1)21-22-37-39(28)33-17-7-10-20-36(33)41(37)27-23-24-40-38(25-27)42-34-18-8-5-15-31(34)29-13-3-4-14-30(29)32-16-6-9-19-35(32)42/h1-25,31-32,34-35H. The van der Waals surface area contributed by atoms with E-state index in [1.807, 2.05) is 6.20 Å².